The molecule has 0 bridgehead atoms. The van der Waals surface area contributed by atoms with Gasteiger partial charge in [-0.2, -0.15) is 0 Å². The minimum Gasteiger partial charge on any atom is -0.442 e. The second kappa shape index (κ2) is 35.0. The molecule has 0 saturated heterocycles. The number of hydroxylamine groups is 2. The molecule has 0 radical (unpaired) electrons. The van der Waals surface area contributed by atoms with Crippen LogP contribution in [-0.4, -0.2) is 187 Å². The molecule has 0 aromatic rings. The monoisotopic (exact) mass is 760 g/mol. The van der Waals surface area contributed by atoms with Crippen LogP contribution in [0.25, 0.3) is 0 Å². The third-order valence-corrected chi connectivity index (χ3v) is 5.55. The summed E-state index contributed by atoms with van der Waals surface area (Å²) in [6.07, 6.45) is -1.94. The molecule has 18 heteroatoms. The Morgan fingerprint density at radius 3 is 0.750 bits per heavy atom. The van der Waals surface area contributed by atoms with Gasteiger partial charge in [0.25, 0.3) is 0 Å². The molecule has 310 valence electrons. The average Bonchev–Trinajstić information content (AvgIpc) is 3.06. The molecule has 2 amide bonds. The quantitative estimate of drug-likeness (QED) is 0.0721. The number of hydrogen-bond acceptors (Lipinski definition) is 17. The number of rotatable bonds is 36. The van der Waals surface area contributed by atoms with Crippen molar-refractivity contribution < 1.29 is 76.0 Å². The van der Waals surface area contributed by atoms with Crippen LogP contribution in [0.4, 0.5) is 9.59 Å². The van der Waals surface area contributed by atoms with Gasteiger partial charge in [0.05, 0.1) is 152 Å². The van der Waals surface area contributed by atoms with E-state index in [0.717, 1.165) is 0 Å². The van der Waals surface area contributed by atoms with Gasteiger partial charge >= 0.3 is 12.2 Å². The maximum atomic E-state index is 12.4. The van der Waals surface area contributed by atoms with E-state index in [1.807, 2.05) is 0 Å². The third-order valence-electron chi connectivity index (χ3n) is 5.55. The fourth-order valence-corrected chi connectivity index (χ4v) is 3.36. The van der Waals surface area contributed by atoms with Crippen LogP contribution in [0.3, 0.4) is 0 Å². The smallest absolute Gasteiger partial charge is 0.442 e. The van der Waals surface area contributed by atoms with Crippen molar-refractivity contribution in [2.45, 2.75) is 52.7 Å². The molecule has 0 saturated carbocycles. The molecular weight excluding hydrogens is 692 g/mol. The Kier molecular flexibility index (Phi) is 33.8. The van der Waals surface area contributed by atoms with Gasteiger partial charge in [-0.05, 0) is 41.5 Å². The number of carbonyl (C=O) groups is 2. The summed E-state index contributed by atoms with van der Waals surface area (Å²) in [4.78, 5) is 30.0. The summed E-state index contributed by atoms with van der Waals surface area (Å²) in [5.74, 6) is 0. The zero-order chi connectivity index (χ0) is 38.6. The van der Waals surface area contributed by atoms with Crippen LogP contribution in [-0.2, 0) is 66.4 Å². The van der Waals surface area contributed by atoms with Crippen LogP contribution in [0.2, 0.25) is 0 Å². The van der Waals surface area contributed by atoms with Crippen LogP contribution >= 0.6 is 0 Å². The van der Waals surface area contributed by atoms with Crippen molar-refractivity contribution >= 4 is 12.2 Å². The van der Waals surface area contributed by atoms with Gasteiger partial charge in [-0.3, -0.25) is 4.84 Å². The van der Waals surface area contributed by atoms with Crippen molar-refractivity contribution in [1.29, 1.82) is 0 Å². The number of amides is 2. The first-order valence-electron chi connectivity index (χ1n) is 17.9. The van der Waals surface area contributed by atoms with Gasteiger partial charge in [0.15, 0.2) is 0 Å². The number of hydrogen-bond donors (Lipinski definition) is 1. The number of carbonyl (C=O) groups excluding carboxylic acids is 2. The maximum absolute atomic E-state index is 12.4. The molecule has 0 fully saturated rings. The van der Waals surface area contributed by atoms with Crippen molar-refractivity contribution in [3.63, 3.8) is 0 Å². The lowest BCUT2D eigenvalue weighted by Crippen LogP contribution is -2.44. The van der Waals surface area contributed by atoms with Gasteiger partial charge < -0.3 is 67.3 Å². The van der Waals surface area contributed by atoms with Gasteiger partial charge in [-0.25, -0.2) is 9.59 Å². The highest BCUT2D eigenvalue weighted by Crippen LogP contribution is 2.14. The molecule has 52 heavy (non-hydrogen) atoms. The summed E-state index contributed by atoms with van der Waals surface area (Å²) in [7, 11) is 0. The minimum atomic E-state index is -0.971. The van der Waals surface area contributed by atoms with Crippen LogP contribution in [0.5, 0.6) is 0 Å². The molecular formula is C34H68N2O16. The Bertz CT molecular complexity index is 785. The Hall–Kier alpha value is -1.78. The highest BCUT2D eigenvalue weighted by atomic mass is 16.8. The molecule has 0 atom stereocenters. The van der Waals surface area contributed by atoms with Crippen molar-refractivity contribution in [1.82, 2.24) is 5.06 Å². The highest BCUT2D eigenvalue weighted by molar-refractivity contribution is 5.86. The molecule has 0 aromatic heterocycles. The first-order valence-corrected chi connectivity index (χ1v) is 17.9. The van der Waals surface area contributed by atoms with E-state index in [9.17, 15) is 9.59 Å². The van der Waals surface area contributed by atoms with Crippen LogP contribution < -0.4 is 5.73 Å². The second-order valence-electron chi connectivity index (χ2n) is 12.6. The predicted octanol–water partition coefficient (Wildman–Crippen LogP) is 2.23. The van der Waals surface area contributed by atoms with E-state index in [1.54, 1.807) is 41.5 Å². The summed E-state index contributed by atoms with van der Waals surface area (Å²) >= 11 is 0. The molecule has 0 rings (SSSR count). The predicted molar refractivity (Wildman–Crippen MR) is 188 cm³/mol. The number of ether oxygens (including phenoxy) is 13. The van der Waals surface area contributed by atoms with E-state index in [4.69, 9.17) is 72.2 Å². The fraction of sp³-hybridized carbons (Fsp3) is 0.941. The summed E-state index contributed by atoms with van der Waals surface area (Å²) in [5.41, 5.74) is 3.70. The number of nitrogens with zero attached hydrogens (tertiary/aromatic N) is 1. The number of nitrogens with two attached hydrogens (primary N) is 1. The summed E-state index contributed by atoms with van der Waals surface area (Å²) in [5, 5.41) is 0.461. The molecule has 2 N–H and O–H groups in total. The topological polar surface area (TPSA) is 193 Å². The average molecular weight is 761 g/mol. The van der Waals surface area contributed by atoms with Crippen LogP contribution in [0.1, 0.15) is 41.5 Å². The summed E-state index contributed by atoms with van der Waals surface area (Å²) in [6, 6.07) is 0. The molecule has 0 aliphatic heterocycles. The van der Waals surface area contributed by atoms with Crippen molar-refractivity contribution in [3.8, 4) is 0 Å². The molecule has 0 aliphatic rings. The molecule has 0 aromatic carbocycles. The van der Waals surface area contributed by atoms with Gasteiger partial charge in [0.2, 0.25) is 0 Å². The first kappa shape index (κ1) is 50.2. The standard InChI is InChI=1S/C34H68N2O16/c1-33(2,3)51-31(37)36(32(38)52-34(4,5)6)50-30-29-49-28-27-48-26-25-47-24-23-46-22-21-45-20-19-44-18-17-43-16-15-42-14-13-41-12-11-40-10-9-39-8-7-35/h7-30,35H2,1-6H3. The molecule has 0 heterocycles. The van der Waals surface area contributed by atoms with Crippen molar-refractivity contribution in [2.75, 3.05) is 159 Å². The highest BCUT2D eigenvalue weighted by Gasteiger charge is 2.32. The third kappa shape index (κ3) is 38.0. The maximum Gasteiger partial charge on any atom is 0.444 e. The fourth-order valence-electron chi connectivity index (χ4n) is 3.36. The molecule has 0 aliphatic carbocycles. The lowest BCUT2D eigenvalue weighted by molar-refractivity contribution is -0.148. The Labute approximate surface area is 310 Å². The van der Waals surface area contributed by atoms with Gasteiger partial charge in [-0.15, -0.1) is 0 Å². The van der Waals surface area contributed by atoms with Gasteiger partial charge in [-0.1, -0.05) is 5.06 Å². The lowest BCUT2D eigenvalue weighted by atomic mass is 10.2. The van der Waals surface area contributed by atoms with E-state index in [-0.39, 0.29) is 13.2 Å². The largest absolute Gasteiger partial charge is 0.444 e. The van der Waals surface area contributed by atoms with E-state index in [1.165, 1.54) is 0 Å². The summed E-state index contributed by atoms with van der Waals surface area (Å²) < 4.78 is 70.1. The van der Waals surface area contributed by atoms with Gasteiger partial charge in [0, 0.05) is 6.54 Å². The molecule has 0 spiro atoms. The SMILES string of the molecule is CC(C)(C)OC(=O)N(OCCOCCOCCOCCOCCOCCOCCOCCOCCOCCOCCOCCN)C(=O)OC(C)(C)C. The second-order valence-corrected chi connectivity index (χ2v) is 12.6. The molecule has 18 nitrogen and oxygen atoms in total. The first-order chi connectivity index (χ1) is 25.0. The minimum absolute atomic E-state index is 0.0719. The Balaban J connectivity index is 3.41. The van der Waals surface area contributed by atoms with E-state index in [2.05, 4.69) is 0 Å². The van der Waals surface area contributed by atoms with E-state index in [0.29, 0.717) is 150 Å². The lowest BCUT2D eigenvalue weighted by Gasteiger charge is -2.27. The zero-order valence-corrected chi connectivity index (χ0v) is 32.5. The zero-order valence-electron chi connectivity index (χ0n) is 32.5. The van der Waals surface area contributed by atoms with E-state index >= 15 is 0 Å². The normalized spacial score (nSPS) is 12.0. The summed E-state index contributed by atoms with van der Waals surface area (Å²) in [6.45, 7) is 20.5. The van der Waals surface area contributed by atoms with Crippen molar-refractivity contribution in [2.24, 2.45) is 5.73 Å². The Morgan fingerprint density at radius 2 is 0.558 bits per heavy atom. The van der Waals surface area contributed by atoms with Crippen LogP contribution in [0, 0.1) is 0 Å². The van der Waals surface area contributed by atoms with E-state index < -0.39 is 23.4 Å². The number of imide groups is 1. The van der Waals surface area contributed by atoms with Crippen molar-refractivity contribution in [3.05, 3.63) is 0 Å². The van der Waals surface area contributed by atoms with Crippen LogP contribution in [0.15, 0.2) is 0 Å². The molecule has 0 unspecified atom stereocenters. The van der Waals surface area contributed by atoms with Gasteiger partial charge in [0.1, 0.15) is 11.2 Å². The Morgan fingerprint density at radius 1 is 0.365 bits per heavy atom.